The minimum atomic E-state index is -0.141. The van der Waals surface area contributed by atoms with Crippen LogP contribution in [-0.4, -0.2) is 65.4 Å². The molecule has 2 aromatic rings. The number of unbranched alkanes of at least 4 members (excludes halogenated alkanes) is 3. The van der Waals surface area contributed by atoms with Crippen molar-refractivity contribution in [2.45, 2.75) is 45.4 Å². The molecule has 0 saturated carbocycles. The molecule has 0 atom stereocenters. The van der Waals surface area contributed by atoms with E-state index >= 15 is 0 Å². The molecule has 8 nitrogen and oxygen atoms in total. The van der Waals surface area contributed by atoms with E-state index in [4.69, 9.17) is 9.47 Å². The lowest BCUT2D eigenvalue weighted by atomic mass is 10.1. The number of ether oxygens (including phenoxy) is 2. The summed E-state index contributed by atoms with van der Waals surface area (Å²) < 4.78 is 10.6. The quantitative estimate of drug-likeness (QED) is 0.359. The summed E-state index contributed by atoms with van der Waals surface area (Å²) in [4.78, 5) is 30.2. The highest BCUT2D eigenvalue weighted by molar-refractivity contribution is 6.02. The fourth-order valence-electron chi connectivity index (χ4n) is 4.60. The van der Waals surface area contributed by atoms with Crippen molar-refractivity contribution < 1.29 is 19.1 Å². The minimum Gasteiger partial charge on any atom is -0.495 e. The maximum Gasteiger partial charge on any atom is 0.253 e. The number of para-hydroxylation sites is 2. The Hall–Kier alpha value is -3.26. The molecule has 2 amide bonds. The summed E-state index contributed by atoms with van der Waals surface area (Å²) in [5.74, 6) is 0.708. The van der Waals surface area contributed by atoms with Crippen LogP contribution >= 0.6 is 0 Å². The summed E-state index contributed by atoms with van der Waals surface area (Å²) in [6, 6.07) is 13.7. The standard InChI is InChI=1S/C29H42N4O4/c1-4-5-6-7-13-28(34)31-23-14-15-25(24(22-23)29(35)30-16-10-21-36-2)32-17-19-33(20-18-32)26-11-8-9-12-27(26)37-3/h8-9,11-12,14-15,22H,4-7,10,13,16-21H2,1-3H3,(H,30,35)(H,31,34). The molecule has 37 heavy (non-hydrogen) atoms. The van der Waals surface area contributed by atoms with Crippen LogP contribution in [0.15, 0.2) is 42.5 Å². The van der Waals surface area contributed by atoms with Crippen LogP contribution in [0.3, 0.4) is 0 Å². The number of rotatable bonds is 14. The van der Waals surface area contributed by atoms with Crippen molar-refractivity contribution in [3.05, 3.63) is 48.0 Å². The van der Waals surface area contributed by atoms with Gasteiger partial charge in [-0.1, -0.05) is 38.3 Å². The Kier molecular flexibility index (Phi) is 11.6. The molecule has 2 aromatic carbocycles. The van der Waals surface area contributed by atoms with Crippen LogP contribution in [0.2, 0.25) is 0 Å². The van der Waals surface area contributed by atoms with Crippen molar-refractivity contribution in [2.24, 2.45) is 0 Å². The lowest BCUT2D eigenvalue weighted by molar-refractivity contribution is -0.116. The number of hydrogen-bond acceptors (Lipinski definition) is 6. The van der Waals surface area contributed by atoms with Crippen molar-refractivity contribution in [3.8, 4) is 5.75 Å². The zero-order valence-electron chi connectivity index (χ0n) is 22.6. The van der Waals surface area contributed by atoms with E-state index in [2.05, 4.69) is 33.4 Å². The van der Waals surface area contributed by atoms with E-state index < -0.39 is 0 Å². The van der Waals surface area contributed by atoms with Gasteiger partial charge in [-0.3, -0.25) is 9.59 Å². The summed E-state index contributed by atoms with van der Waals surface area (Å²) in [6.07, 6.45) is 5.44. The molecular weight excluding hydrogens is 468 g/mol. The highest BCUT2D eigenvalue weighted by Crippen LogP contribution is 2.31. The predicted octanol–water partition coefficient (Wildman–Crippen LogP) is 4.70. The third-order valence-electron chi connectivity index (χ3n) is 6.64. The van der Waals surface area contributed by atoms with Crippen LogP contribution in [0.1, 0.15) is 55.8 Å². The second-order valence-corrected chi connectivity index (χ2v) is 9.34. The Balaban J connectivity index is 1.71. The van der Waals surface area contributed by atoms with Gasteiger partial charge in [0.05, 0.1) is 18.4 Å². The first-order valence-electron chi connectivity index (χ1n) is 13.4. The van der Waals surface area contributed by atoms with Gasteiger partial charge < -0.3 is 29.9 Å². The molecule has 1 aliphatic rings. The fourth-order valence-corrected chi connectivity index (χ4v) is 4.60. The van der Waals surface area contributed by atoms with Gasteiger partial charge in [-0.05, 0) is 43.2 Å². The van der Waals surface area contributed by atoms with Gasteiger partial charge in [0, 0.05) is 64.2 Å². The first-order chi connectivity index (χ1) is 18.1. The molecule has 0 spiro atoms. The highest BCUT2D eigenvalue weighted by atomic mass is 16.5. The number of methoxy groups -OCH3 is 2. The average Bonchev–Trinajstić information content (AvgIpc) is 2.93. The molecule has 1 heterocycles. The fraction of sp³-hybridized carbons (Fsp3) is 0.517. The number of piperazine rings is 1. The van der Waals surface area contributed by atoms with Gasteiger partial charge in [0.1, 0.15) is 5.75 Å². The van der Waals surface area contributed by atoms with Crippen LogP contribution in [0, 0.1) is 0 Å². The monoisotopic (exact) mass is 510 g/mol. The first-order valence-corrected chi connectivity index (χ1v) is 13.4. The third kappa shape index (κ3) is 8.39. The van der Waals surface area contributed by atoms with Gasteiger partial charge in [-0.25, -0.2) is 0 Å². The van der Waals surface area contributed by atoms with E-state index in [1.165, 1.54) is 0 Å². The Morgan fingerprint density at radius 1 is 0.892 bits per heavy atom. The topological polar surface area (TPSA) is 83.1 Å². The van der Waals surface area contributed by atoms with E-state index in [9.17, 15) is 9.59 Å². The molecule has 1 fully saturated rings. The molecule has 202 valence electrons. The van der Waals surface area contributed by atoms with Gasteiger partial charge in [-0.2, -0.15) is 0 Å². The van der Waals surface area contributed by atoms with Crippen LogP contribution in [0.5, 0.6) is 5.75 Å². The van der Waals surface area contributed by atoms with Crippen LogP contribution in [0.25, 0.3) is 0 Å². The zero-order chi connectivity index (χ0) is 26.5. The van der Waals surface area contributed by atoms with Gasteiger partial charge in [0.25, 0.3) is 5.91 Å². The second kappa shape index (κ2) is 15.1. The van der Waals surface area contributed by atoms with E-state index in [0.717, 1.165) is 75.4 Å². The molecular formula is C29H42N4O4. The van der Waals surface area contributed by atoms with Crippen LogP contribution < -0.4 is 25.2 Å². The number of amides is 2. The summed E-state index contributed by atoms with van der Waals surface area (Å²) in [5.41, 5.74) is 3.19. The van der Waals surface area contributed by atoms with Gasteiger partial charge >= 0.3 is 0 Å². The molecule has 3 rings (SSSR count). The smallest absolute Gasteiger partial charge is 0.253 e. The molecule has 0 aliphatic carbocycles. The van der Waals surface area contributed by atoms with Crippen molar-refractivity contribution in [3.63, 3.8) is 0 Å². The number of carbonyl (C=O) groups excluding carboxylic acids is 2. The summed E-state index contributed by atoms with van der Waals surface area (Å²) >= 11 is 0. The molecule has 0 radical (unpaired) electrons. The van der Waals surface area contributed by atoms with Crippen molar-refractivity contribution in [1.82, 2.24) is 5.32 Å². The molecule has 0 bridgehead atoms. The molecule has 1 aliphatic heterocycles. The zero-order valence-corrected chi connectivity index (χ0v) is 22.6. The Morgan fingerprint density at radius 3 is 2.32 bits per heavy atom. The number of benzene rings is 2. The number of nitrogens with zero attached hydrogens (tertiary/aromatic N) is 2. The normalized spacial score (nSPS) is 13.4. The first kappa shape index (κ1) is 28.3. The third-order valence-corrected chi connectivity index (χ3v) is 6.64. The van der Waals surface area contributed by atoms with Gasteiger partial charge in [0.2, 0.25) is 5.91 Å². The molecule has 0 unspecified atom stereocenters. The number of anilines is 3. The van der Waals surface area contributed by atoms with E-state index in [-0.39, 0.29) is 11.8 Å². The predicted molar refractivity (Wildman–Crippen MR) is 150 cm³/mol. The lowest BCUT2D eigenvalue weighted by Crippen LogP contribution is -2.47. The summed E-state index contributed by atoms with van der Waals surface area (Å²) in [7, 11) is 3.34. The Labute approximate surface area is 221 Å². The number of hydrogen-bond donors (Lipinski definition) is 2. The van der Waals surface area contributed by atoms with Crippen LogP contribution in [0.4, 0.5) is 17.1 Å². The van der Waals surface area contributed by atoms with Crippen molar-refractivity contribution in [1.29, 1.82) is 0 Å². The van der Waals surface area contributed by atoms with Crippen LogP contribution in [-0.2, 0) is 9.53 Å². The molecule has 0 aromatic heterocycles. The number of nitrogens with one attached hydrogen (secondary N) is 2. The second-order valence-electron chi connectivity index (χ2n) is 9.34. The Morgan fingerprint density at radius 2 is 1.62 bits per heavy atom. The molecule has 2 N–H and O–H groups in total. The maximum absolute atomic E-state index is 13.2. The Bertz CT molecular complexity index is 1010. The highest BCUT2D eigenvalue weighted by Gasteiger charge is 2.23. The van der Waals surface area contributed by atoms with E-state index in [1.807, 2.05) is 30.3 Å². The average molecular weight is 511 g/mol. The largest absolute Gasteiger partial charge is 0.495 e. The SMILES string of the molecule is CCCCCCC(=O)Nc1ccc(N2CCN(c3ccccc3OC)CC2)c(C(=O)NCCCOC)c1. The molecule has 8 heteroatoms. The summed E-state index contributed by atoms with van der Waals surface area (Å²) in [6.45, 7) is 6.43. The van der Waals surface area contributed by atoms with Crippen molar-refractivity contribution >= 4 is 28.9 Å². The maximum atomic E-state index is 13.2. The van der Waals surface area contributed by atoms with Gasteiger partial charge in [-0.15, -0.1) is 0 Å². The lowest BCUT2D eigenvalue weighted by Gasteiger charge is -2.38. The molecule has 1 saturated heterocycles. The summed E-state index contributed by atoms with van der Waals surface area (Å²) in [5, 5.41) is 5.99. The number of carbonyl (C=O) groups is 2. The van der Waals surface area contributed by atoms with Crippen molar-refractivity contribution in [2.75, 3.05) is 68.7 Å². The van der Waals surface area contributed by atoms with E-state index in [0.29, 0.717) is 30.8 Å². The van der Waals surface area contributed by atoms with Gasteiger partial charge in [0.15, 0.2) is 0 Å². The minimum absolute atomic E-state index is 0.0132. The van der Waals surface area contributed by atoms with E-state index in [1.54, 1.807) is 20.3 Å².